The van der Waals surface area contributed by atoms with Crippen molar-refractivity contribution in [2.45, 2.75) is 27.2 Å². The molecule has 1 saturated heterocycles. The van der Waals surface area contributed by atoms with Crippen LogP contribution in [-0.2, 0) is 0 Å². The Labute approximate surface area is 99.0 Å². The first-order chi connectivity index (χ1) is 7.63. The van der Waals surface area contributed by atoms with E-state index in [1.165, 1.54) is 0 Å². The van der Waals surface area contributed by atoms with Crippen molar-refractivity contribution in [3.8, 4) is 0 Å². The molecule has 1 fully saturated rings. The highest BCUT2D eigenvalue weighted by Gasteiger charge is 2.19. The number of carbonyl (C=O) groups is 1. The topological polar surface area (TPSA) is 35.6 Å². The van der Waals surface area contributed by atoms with E-state index >= 15 is 0 Å². The Kier molecular flexibility index (Phi) is 5.60. The van der Waals surface area contributed by atoms with E-state index in [2.05, 4.69) is 31.0 Å². The average Bonchev–Trinajstić information content (AvgIpc) is 2.28. The summed E-state index contributed by atoms with van der Waals surface area (Å²) in [5.74, 6) is 0.650. The van der Waals surface area contributed by atoms with E-state index in [-0.39, 0.29) is 6.03 Å². The van der Waals surface area contributed by atoms with Gasteiger partial charge in [-0.25, -0.2) is 4.79 Å². The summed E-state index contributed by atoms with van der Waals surface area (Å²) in [4.78, 5) is 16.1. The van der Waals surface area contributed by atoms with Crippen molar-refractivity contribution in [1.29, 1.82) is 0 Å². The second kappa shape index (κ2) is 6.74. The van der Waals surface area contributed by atoms with Gasteiger partial charge >= 0.3 is 6.03 Å². The third-order valence-corrected chi connectivity index (χ3v) is 3.10. The molecule has 1 rings (SSSR count). The fourth-order valence-electron chi connectivity index (χ4n) is 1.85. The summed E-state index contributed by atoms with van der Waals surface area (Å²) in [6.45, 7) is 12.1. The third kappa shape index (κ3) is 4.39. The lowest BCUT2D eigenvalue weighted by Crippen LogP contribution is -2.51. The Morgan fingerprint density at radius 2 is 1.88 bits per heavy atom. The van der Waals surface area contributed by atoms with E-state index in [4.69, 9.17) is 0 Å². The van der Waals surface area contributed by atoms with Crippen molar-refractivity contribution in [3.05, 3.63) is 0 Å². The number of piperazine rings is 1. The monoisotopic (exact) mass is 227 g/mol. The average molecular weight is 227 g/mol. The van der Waals surface area contributed by atoms with Crippen molar-refractivity contribution in [2.75, 3.05) is 39.3 Å². The first-order valence-corrected chi connectivity index (χ1v) is 6.38. The van der Waals surface area contributed by atoms with Crippen LogP contribution in [-0.4, -0.2) is 55.1 Å². The molecule has 2 amide bonds. The van der Waals surface area contributed by atoms with Crippen molar-refractivity contribution in [2.24, 2.45) is 5.92 Å². The van der Waals surface area contributed by atoms with Gasteiger partial charge in [-0.1, -0.05) is 20.8 Å². The molecule has 0 radical (unpaired) electrons. The quantitative estimate of drug-likeness (QED) is 0.787. The van der Waals surface area contributed by atoms with Crippen LogP contribution in [0.1, 0.15) is 27.2 Å². The molecule has 0 aromatic rings. The Morgan fingerprint density at radius 1 is 1.25 bits per heavy atom. The van der Waals surface area contributed by atoms with Crippen LogP contribution in [0.2, 0.25) is 0 Å². The molecule has 94 valence electrons. The smallest absolute Gasteiger partial charge is 0.317 e. The molecule has 16 heavy (non-hydrogen) atoms. The summed E-state index contributed by atoms with van der Waals surface area (Å²) >= 11 is 0. The molecule has 0 bridgehead atoms. The lowest BCUT2D eigenvalue weighted by molar-refractivity contribution is 0.143. The molecule has 4 heteroatoms. The van der Waals surface area contributed by atoms with Gasteiger partial charge in [0.2, 0.25) is 0 Å². The maximum atomic E-state index is 11.8. The molecule has 0 saturated carbocycles. The summed E-state index contributed by atoms with van der Waals surface area (Å²) < 4.78 is 0. The standard InChI is InChI=1S/C12H25N3O/c1-4-14-7-9-15(10-8-14)12(16)13-6-5-11(2)3/h11H,4-10H2,1-3H3,(H,13,16). The maximum Gasteiger partial charge on any atom is 0.317 e. The molecule has 0 unspecified atom stereocenters. The summed E-state index contributed by atoms with van der Waals surface area (Å²) in [5, 5.41) is 2.99. The van der Waals surface area contributed by atoms with Crippen LogP contribution < -0.4 is 5.32 Å². The predicted molar refractivity (Wildman–Crippen MR) is 66.5 cm³/mol. The molecule has 0 aromatic heterocycles. The van der Waals surface area contributed by atoms with E-state index in [1.54, 1.807) is 0 Å². The number of nitrogens with one attached hydrogen (secondary N) is 1. The van der Waals surface area contributed by atoms with E-state index in [1.807, 2.05) is 4.90 Å². The largest absolute Gasteiger partial charge is 0.338 e. The minimum Gasteiger partial charge on any atom is -0.338 e. The van der Waals surface area contributed by atoms with E-state index in [0.29, 0.717) is 5.92 Å². The number of hydrogen-bond donors (Lipinski definition) is 1. The molecule has 1 aliphatic heterocycles. The van der Waals surface area contributed by atoms with Gasteiger partial charge in [0.05, 0.1) is 0 Å². The Balaban J connectivity index is 2.18. The number of urea groups is 1. The minimum absolute atomic E-state index is 0.108. The number of likely N-dealkylation sites (N-methyl/N-ethyl adjacent to an activating group) is 1. The van der Waals surface area contributed by atoms with Gasteiger partial charge in [0, 0.05) is 32.7 Å². The van der Waals surface area contributed by atoms with Crippen molar-refractivity contribution >= 4 is 6.03 Å². The van der Waals surface area contributed by atoms with Crippen LogP contribution >= 0.6 is 0 Å². The van der Waals surface area contributed by atoms with Crippen molar-refractivity contribution in [1.82, 2.24) is 15.1 Å². The Hall–Kier alpha value is -0.770. The van der Waals surface area contributed by atoms with E-state index in [9.17, 15) is 4.79 Å². The Bertz CT molecular complexity index is 210. The van der Waals surface area contributed by atoms with Crippen LogP contribution in [0.15, 0.2) is 0 Å². The minimum atomic E-state index is 0.108. The highest BCUT2D eigenvalue weighted by atomic mass is 16.2. The van der Waals surface area contributed by atoms with Crippen LogP contribution in [0.4, 0.5) is 4.79 Å². The fourth-order valence-corrected chi connectivity index (χ4v) is 1.85. The van der Waals surface area contributed by atoms with E-state index in [0.717, 1.165) is 45.7 Å². The normalized spacial score (nSPS) is 17.9. The lowest BCUT2D eigenvalue weighted by atomic mass is 10.1. The van der Waals surface area contributed by atoms with Gasteiger partial charge in [0.25, 0.3) is 0 Å². The van der Waals surface area contributed by atoms with Gasteiger partial charge in [-0.2, -0.15) is 0 Å². The van der Waals surface area contributed by atoms with Gasteiger partial charge in [0.15, 0.2) is 0 Å². The summed E-state index contributed by atoms with van der Waals surface area (Å²) in [6.07, 6.45) is 1.06. The zero-order chi connectivity index (χ0) is 12.0. The van der Waals surface area contributed by atoms with Gasteiger partial charge in [-0.05, 0) is 18.9 Å². The number of carbonyl (C=O) groups excluding carboxylic acids is 1. The highest BCUT2D eigenvalue weighted by Crippen LogP contribution is 2.02. The molecular formula is C12H25N3O. The van der Waals surface area contributed by atoms with Gasteiger partial charge in [-0.3, -0.25) is 0 Å². The molecule has 4 nitrogen and oxygen atoms in total. The van der Waals surface area contributed by atoms with Crippen molar-refractivity contribution < 1.29 is 4.79 Å². The second-order valence-electron chi connectivity index (χ2n) is 4.84. The molecule has 1 aliphatic rings. The SMILES string of the molecule is CCN1CCN(C(=O)NCCC(C)C)CC1. The van der Waals surface area contributed by atoms with Crippen molar-refractivity contribution in [3.63, 3.8) is 0 Å². The third-order valence-electron chi connectivity index (χ3n) is 3.10. The first kappa shape index (κ1) is 13.3. The van der Waals surface area contributed by atoms with Crippen LogP contribution in [0.25, 0.3) is 0 Å². The molecule has 0 aromatic carbocycles. The maximum absolute atomic E-state index is 11.8. The summed E-state index contributed by atoms with van der Waals surface area (Å²) in [6, 6.07) is 0.108. The van der Waals surface area contributed by atoms with Crippen LogP contribution in [0, 0.1) is 5.92 Å². The molecule has 1 heterocycles. The molecule has 0 atom stereocenters. The van der Waals surface area contributed by atoms with Crippen LogP contribution in [0.3, 0.4) is 0 Å². The first-order valence-electron chi connectivity index (χ1n) is 6.38. The number of rotatable bonds is 4. The number of nitrogens with zero attached hydrogens (tertiary/aromatic N) is 2. The Morgan fingerprint density at radius 3 is 2.38 bits per heavy atom. The predicted octanol–water partition coefficient (Wildman–Crippen LogP) is 1.38. The fraction of sp³-hybridized carbons (Fsp3) is 0.917. The van der Waals surface area contributed by atoms with Crippen LogP contribution in [0.5, 0.6) is 0 Å². The molecular weight excluding hydrogens is 202 g/mol. The molecule has 0 spiro atoms. The zero-order valence-electron chi connectivity index (χ0n) is 10.8. The second-order valence-corrected chi connectivity index (χ2v) is 4.84. The highest BCUT2D eigenvalue weighted by molar-refractivity contribution is 5.74. The molecule has 1 N–H and O–H groups in total. The summed E-state index contributed by atoms with van der Waals surface area (Å²) in [5.41, 5.74) is 0. The molecule has 0 aliphatic carbocycles. The number of hydrogen-bond acceptors (Lipinski definition) is 2. The summed E-state index contributed by atoms with van der Waals surface area (Å²) in [7, 11) is 0. The number of amides is 2. The van der Waals surface area contributed by atoms with Gasteiger partial charge in [-0.15, -0.1) is 0 Å². The zero-order valence-corrected chi connectivity index (χ0v) is 10.8. The lowest BCUT2D eigenvalue weighted by Gasteiger charge is -2.34. The van der Waals surface area contributed by atoms with E-state index < -0.39 is 0 Å². The van der Waals surface area contributed by atoms with Gasteiger partial charge < -0.3 is 15.1 Å². The van der Waals surface area contributed by atoms with Gasteiger partial charge in [0.1, 0.15) is 0 Å².